The minimum Gasteiger partial charge on any atom is -0.152 e. The second-order valence-corrected chi connectivity index (χ2v) is 3.64. The van der Waals surface area contributed by atoms with E-state index in [1.54, 1.807) is 11.3 Å². The van der Waals surface area contributed by atoms with Crippen LogP contribution in [0.1, 0.15) is 24.4 Å². The first-order valence-electron chi connectivity index (χ1n) is 3.84. The molecule has 1 unspecified atom stereocenters. The lowest BCUT2D eigenvalue weighted by molar-refractivity contribution is -0.570. The van der Waals surface area contributed by atoms with E-state index < -0.39 is 0 Å². The highest BCUT2D eigenvalue weighted by Crippen LogP contribution is 2.28. The van der Waals surface area contributed by atoms with Gasteiger partial charge < -0.3 is 0 Å². The Kier molecular flexibility index (Phi) is 1.74. The molecule has 0 aromatic carbocycles. The Labute approximate surface area is 69.4 Å². The molecule has 3 heteroatoms. The summed E-state index contributed by atoms with van der Waals surface area (Å²) in [5, 5.41) is 4.10. The van der Waals surface area contributed by atoms with Gasteiger partial charge in [0.2, 0.25) is 6.04 Å². The minimum atomic E-state index is 0.154. The lowest BCUT2D eigenvalue weighted by atomic mass is 10.1. The molecule has 1 aromatic heterocycles. The van der Waals surface area contributed by atoms with Crippen LogP contribution in [0.25, 0.3) is 0 Å². The maximum atomic E-state index is 11.2. The van der Waals surface area contributed by atoms with Crippen molar-refractivity contribution in [1.29, 1.82) is 0 Å². The van der Waals surface area contributed by atoms with Gasteiger partial charge in [0.1, 0.15) is 0 Å². The quantitative estimate of drug-likeness (QED) is 0.589. The van der Waals surface area contributed by atoms with Gasteiger partial charge >= 0.3 is 0 Å². The number of nitrogens with zero attached hydrogens (tertiary/aromatic N) is 1. The van der Waals surface area contributed by atoms with Crippen LogP contribution >= 0.6 is 11.3 Å². The van der Waals surface area contributed by atoms with Gasteiger partial charge in [-0.3, -0.25) is 0 Å². The van der Waals surface area contributed by atoms with Gasteiger partial charge in [0.25, 0.3) is 0 Å². The van der Waals surface area contributed by atoms with Crippen molar-refractivity contribution >= 4 is 11.3 Å². The molecule has 11 heavy (non-hydrogen) atoms. The molecule has 0 bridgehead atoms. The summed E-state index contributed by atoms with van der Waals surface area (Å²) in [6, 6.07) is 2.20. The lowest BCUT2D eigenvalue weighted by Crippen LogP contribution is -2.06. The molecule has 1 aromatic rings. The summed E-state index contributed by atoms with van der Waals surface area (Å²) < 4.78 is 1.20. The Hall–Kier alpha value is -0.700. The summed E-state index contributed by atoms with van der Waals surface area (Å²) in [4.78, 5) is 11.2. The third-order valence-corrected chi connectivity index (χ3v) is 2.83. The molecule has 1 saturated heterocycles. The summed E-state index contributed by atoms with van der Waals surface area (Å²) in [5.74, 6) is 0. The molecule has 0 N–H and O–H groups in total. The number of hydrogen-bond donors (Lipinski definition) is 0. The first kappa shape index (κ1) is 6.98. The topological polar surface area (TPSA) is 20.1 Å². The molecule has 0 radical (unpaired) electrons. The number of thiophene rings is 1. The molecule has 1 fully saturated rings. The number of nitroso groups, excluding NO2 is 1. The fourth-order valence-corrected chi connectivity index (χ4v) is 2.24. The van der Waals surface area contributed by atoms with E-state index in [-0.39, 0.29) is 6.04 Å². The third-order valence-electron chi connectivity index (χ3n) is 2.13. The van der Waals surface area contributed by atoms with Crippen molar-refractivity contribution < 1.29 is 4.76 Å². The van der Waals surface area contributed by atoms with Crippen molar-refractivity contribution in [3.63, 3.8) is 0 Å². The highest BCUT2D eigenvalue weighted by Gasteiger charge is 2.33. The Balaban J connectivity index is 2.23. The third kappa shape index (κ3) is 1.20. The Morgan fingerprint density at radius 3 is 3.09 bits per heavy atom. The van der Waals surface area contributed by atoms with Gasteiger partial charge in [-0.1, -0.05) is 0 Å². The van der Waals surface area contributed by atoms with Crippen LogP contribution in [0.2, 0.25) is 0 Å². The summed E-state index contributed by atoms with van der Waals surface area (Å²) in [6.07, 6.45) is 2.07. The zero-order chi connectivity index (χ0) is 7.68. The van der Waals surface area contributed by atoms with Crippen molar-refractivity contribution in [3.8, 4) is 0 Å². The number of hydrogen-bond acceptors (Lipinski definition) is 2. The molecule has 2 rings (SSSR count). The molecule has 2 heterocycles. The largest absolute Gasteiger partial charge is 0.227 e. The standard InChI is InChI=1S/C8H10NOS/c10-9-4-1-2-8(9)7-3-5-11-6-7/h3,5-6,8H,1-2,4H2/q+1. The fourth-order valence-electron chi connectivity index (χ4n) is 1.54. The van der Waals surface area contributed by atoms with Crippen molar-refractivity contribution in [2.75, 3.05) is 6.54 Å². The normalized spacial score (nSPS) is 24.4. The van der Waals surface area contributed by atoms with E-state index in [1.165, 1.54) is 10.3 Å². The Morgan fingerprint density at radius 1 is 1.64 bits per heavy atom. The van der Waals surface area contributed by atoms with E-state index in [1.807, 2.05) is 11.4 Å². The zero-order valence-corrected chi connectivity index (χ0v) is 7.01. The van der Waals surface area contributed by atoms with E-state index in [0.717, 1.165) is 12.8 Å². The van der Waals surface area contributed by atoms with Crippen LogP contribution < -0.4 is 0 Å². The minimum absolute atomic E-state index is 0.154. The first-order chi connectivity index (χ1) is 5.38. The van der Waals surface area contributed by atoms with Gasteiger partial charge in [-0.15, -0.1) is 0 Å². The monoisotopic (exact) mass is 168 g/mol. The average Bonchev–Trinajstić information content (AvgIpc) is 2.55. The summed E-state index contributed by atoms with van der Waals surface area (Å²) in [7, 11) is 0. The summed E-state index contributed by atoms with van der Waals surface area (Å²) in [6.45, 7) is 0.709. The smallest absolute Gasteiger partial charge is 0.152 e. The predicted molar refractivity (Wildman–Crippen MR) is 44.8 cm³/mol. The second-order valence-electron chi connectivity index (χ2n) is 2.86. The van der Waals surface area contributed by atoms with E-state index in [4.69, 9.17) is 0 Å². The van der Waals surface area contributed by atoms with Gasteiger partial charge in [-0.25, -0.2) is 0 Å². The zero-order valence-electron chi connectivity index (χ0n) is 6.19. The highest BCUT2D eigenvalue weighted by atomic mass is 32.1. The molecule has 1 aliphatic rings. The van der Waals surface area contributed by atoms with E-state index in [9.17, 15) is 4.91 Å². The van der Waals surface area contributed by atoms with Crippen molar-refractivity contribution in [2.24, 2.45) is 0 Å². The molecule has 58 valence electrons. The molecule has 0 spiro atoms. The van der Waals surface area contributed by atoms with Gasteiger partial charge in [0.05, 0.1) is 0 Å². The highest BCUT2D eigenvalue weighted by molar-refractivity contribution is 7.07. The van der Waals surface area contributed by atoms with Gasteiger partial charge in [-0.05, 0) is 11.4 Å². The van der Waals surface area contributed by atoms with E-state index >= 15 is 0 Å². The van der Waals surface area contributed by atoms with Crippen LogP contribution in [0.5, 0.6) is 0 Å². The molecule has 0 amide bonds. The van der Waals surface area contributed by atoms with Gasteiger partial charge in [0.15, 0.2) is 6.54 Å². The Bertz CT molecular complexity index is 255. The maximum Gasteiger partial charge on any atom is 0.227 e. The van der Waals surface area contributed by atoms with Crippen LogP contribution in [0.15, 0.2) is 16.8 Å². The van der Waals surface area contributed by atoms with E-state index in [2.05, 4.69) is 5.38 Å². The lowest BCUT2D eigenvalue weighted by Gasteiger charge is -1.95. The predicted octanol–water partition coefficient (Wildman–Crippen LogP) is 2.36. The SMILES string of the molecule is O=[N+]1CCCC1c1ccsc1. The molecular weight excluding hydrogens is 158 g/mol. The van der Waals surface area contributed by atoms with Gasteiger partial charge in [0, 0.05) is 33.5 Å². The summed E-state index contributed by atoms with van der Waals surface area (Å²) in [5.41, 5.74) is 1.20. The fraction of sp³-hybridized carbons (Fsp3) is 0.500. The molecule has 0 saturated carbocycles. The Morgan fingerprint density at radius 2 is 2.55 bits per heavy atom. The molecule has 1 atom stereocenters. The maximum absolute atomic E-state index is 11.2. The van der Waals surface area contributed by atoms with Crippen molar-refractivity contribution in [2.45, 2.75) is 18.9 Å². The van der Waals surface area contributed by atoms with Crippen molar-refractivity contribution in [1.82, 2.24) is 0 Å². The van der Waals surface area contributed by atoms with Crippen LogP contribution in [0.3, 0.4) is 0 Å². The van der Waals surface area contributed by atoms with E-state index in [0.29, 0.717) is 6.54 Å². The summed E-state index contributed by atoms with van der Waals surface area (Å²) >= 11 is 1.66. The van der Waals surface area contributed by atoms with Crippen LogP contribution in [-0.2, 0) is 0 Å². The number of rotatable bonds is 1. The van der Waals surface area contributed by atoms with Crippen LogP contribution in [0.4, 0.5) is 0 Å². The molecule has 1 aliphatic heterocycles. The van der Waals surface area contributed by atoms with Crippen LogP contribution in [0, 0.1) is 4.91 Å². The van der Waals surface area contributed by atoms with Crippen molar-refractivity contribution in [3.05, 3.63) is 27.3 Å². The van der Waals surface area contributed by atoms with Crippen LogP contribution in [-0.4, -0.2) is 11.3 Å². The first-order valence-corrected chi connectivity index (χ1v) is 4.78. The van der Waals surface area contributed by atoms with Gasteiger partial charge in [-0.2, -0.15) is 11.3 Å². The molecule has 2 nitrogen and oxygen atoms in total. The molecular formula is C8H10NOS+. The molecule has 0 aliphatic carbocycles. The second kappa shape index (κ2) is 2.74. The average molecular weight is 168 g/mol.